The zero-order chi connectivity index (χ0) is 12.5. The number of aryl methyl sites for hydroxylation is 1. The first-order chi connectivity index (χ1) is 8.72. The molecule has 3 nitrogen and oxygen atoms in total. The van der Waals surface area contributed by atoms with Crippen LogP contribution in [0.1, 0.15) is 24.2 Å². The Kier molecular flexibility index (Phi) is 3.27. The Labute approximate surface area is 112 Å². The van der Waals surface area contributed by atoms with Gasteiger partial charge in [-0.15, -0.1) is 0 Å². The smallest absolute Gasteiger partial charge is 0.107 e. The van der Waals surface area contributed by atoms with Gasteiger partial charge in [0.1, 0.15) is 5.82 Å². The van der Waals surface area contributed by atoms with Crippen LogP contribution >= 0.6 is 11.6 Å². The third-order valence-corrected chi connectivity index (χ3v) is 3.95. The molecule has 0 radical (unpaired) electrons. The van der Waals surface area contributed by atoms with E-state index >= 15 is 0 Å². The molecular weight excluding hydrogens is 246 g/mol. The van der Waals surface area contributed by atoms with E-state index in [-0.39, 0.29) is 0 Å². The SMILES string of the molecule is Cc1cc(Cl)cc2[nH]c(CC3CCNCC3)nc12. The average molecular weight is 264 g/mol. The number of benzene rings is 1. The molecule has 96 valence electrons. The van der Waals surface area contributed by atoms with Crippen molar-refractivity contribution < 1.29 is 0 Å². The Morgan fingerprint density at radius 3 is 2.89 bits per heavy atom. The van der Waals surface area contributed by atoms with Gasteiger partial charge in [0.05, 0.1) is 11.0 Å². The molecule has 0 spiro atoms. The topological polar surface area (TPSA) is 40.7 Å². The normalized spacial score (nSPS) is 17.4. The molecule has 1 aliphatic heterocycles. The van der Waals surface area contributed by atoms with Crippen molar-refractivity contribution in [1.29, 1.82) is 0 Å². The zero-order valence-electron chi connectivity index (χ0n) is 10.6. The first-order valence-electron chi connectivity index (χ1n) is 6.58. The molecule has 2 N–H and O–H groups in total. The van der Waals surface area contributed by atoms with Crippen LogP contribution in [0.5, 0.6) is 0 Å². The van der Waals surface area contributed by atoms with Crippen LogP contribution in [0, 0.1) is 12.8 Å². The van der Waals surface area contributed by atoms with Crippen molar-refractivity contribution >= 4 is 22.6 Å². The van der Waals surface area contributed by atoms with Gasteiger partial charge in [-0.25, -0.2) is 4.98 Å². The van der Waals surface area contributed by atoms with Crippen molar-refractivity contribution in [3.8, 4) is 0 Å². The van der Waals surface area contributed by atoms with E-state index in [1.165, 1.54) is 12.8 Å². The minimum absolute atomic E-state index is 0.752. The minimum atomic E-state index is 0.752. The lowest BCUT2D eigenvalue weighted by Crippen LogP contribution is -2.28. The van der Waals surface area contributed by atoms with Crippen molar-refractivity contribution in [2.24, 2.45) is 5.92 Å². The average Bonchev–Trinajstić information content (AvgIpc) is 2.73. The van der Waals surface area contributed by atoms with Gasteiger partial charge in [0, 0.05) is 11.4 Å². The van der Waals surface area contributed by atoms with Crippen molar-refractivity contribution in [2.45, 2.75) is 26.2 Å². The van der Waals surface area contributed by atoms with E-state index in [2.05, 4.69) is 17.2 Å². The summed E-state index contributed by atoms with van der Waals surface area (Å²) in [6.07, 6.45) is 3.54. The van der Waals surface area contributed by atoms with Crippen LogP contribution in [-0.4, -0.2) is 23.1 Å². The number of piperidine rings is 1. The fourth-order valence-electron chi connectivity index (χ4n) is 2.75. The lowest BCUT2D eigenvalue weighted by atomic mass is 9.94. The third kappa shape index (κ3) is 2.38. The van der Waals surface area contributed by atoms with E-state index in [0.29, 0.717) is 0 Å². The quantitative estimate of drug-likeness (QED) is 0.874. The second-order valence-electron chi connectivity index (χ2n) is 5.20. The summed E-state index contributed by atoms with van der Waals surface area (Å²) in [5.41, 5.74) is 3.26. The highest BCUT2D eigenvalue weighted by molar-refractivity contribution is 6.31. The maximum absolute atomic E-state index is 6.07. The molecule has 0 atom stereocenters. The van der Waals surface area contributed by atoms with Gasteiger partial charge >= 0.3 is 0 Å². The lowest BCUT2D eigenvalue weighted by Gasteiger charge is -2.21. The number of fused-ring (bicyclic) bond motifs is 1. The number of rotatable bonds is 2. The van der Waals surface area contributed by atoms with E-state index in [4.69, 9.17) is 16.6 Å². The largest absolute Gasteiger partial charge is 0.342 e. The molecule has 3 rings (SSSR count). The molecule has 0 amide bonds. The summed E-state index contributed by atoms with van der Waals surface area (Å²) in [6.45, 7) is 4.33. The number of nitrogens with zero attached hydrogens (tertiary/aromatic N) is 1. The molecule has 0 unspecified atom stereocenters. The van der Waals surface area contributed by atoms with Gasteiger partial charge in [-0.3, -0.25) is 0 Å². The van der Waals surface area contributed by atoms with Crippen molar-refractivity contribution in [3.05, 3.63) is 28.5 Å². The highest BCUT2D eigenvalue weighted by Crippen LogP contribution is 2.23. The summed E-state index contributed by atoms with van der Waals surface area (Å²) >= 11 is 6.07. The monoisotopic (exact) mass is 263 g/mol. The van der Waals surface area contributed by atoms with E-state index < -0.39 is 0 Å². The molecule has 1 fully saturated rings. The molecule has 2 heterocycles. The standard InChI is InChI=1S/C14H18ClN3/c1-9-6-11(15)8-12-14(9)18-13(17-12)7-10-2-4-16-5-3-10/h6,8,10,16H,2-5,7H2,1H3,(H,17,18). The van der Waals surface area contributed by atoms with E-state index in [1.807, 2.05) is 12.1 Å². The Morgan fingerprint density at radius 1 is 1.33 bits per heavy atom. The van der Waals surface area contributed by atoms with Crippen molar-refractivity contribution in [2.75, 3.05) is 13.1 Å². The highest BCUT2D eigenvalue weighted by atomic mass is 35.5. The summed E-state index contributed by atoms with van der Waals surface area (Å²) in [7, 11) is 0. The number of nitrogens with one attached hydrogen (secondary N) is 2. The van der Waals surface area contributed by atoms with Gasteiger partial charge < -0.3 is 10.3 Å². The Bertz CT molecular complexity index is 555. The zero-order valence-corrected chi connectivity index (χ0v) is 11.3. The van der Waals surface area contributed by atoms with E-state index in [1.54, 1.807) is 0 Å². The van der Waals surface area contributed by atoms with Crippen LogP contribution in [0.3, 0.4) is 0 Å². The predicted molar refractivity (Wildman–Crippen MR) is 75.1 cm³/mol. The molecule has 1 aromatic heterocycles. The van der Waals surface area contributed by atoms with Crippen molar-refractivity contribution in [3.63, 3.8) is 0 Å². The van der Waals surface area contributed by atoms with Crippen LogP contribution < -0.4 is 5.32 Å². The fraction of sp³-hybridized carbons (Fsp3) is 0.500. The Balaban J connectivity index is 1.86. The first-order valence-corrected chi connectivity index (χ1v) is 6.95. The van der Waals surface area contributed by atoms with Gasteiger partial charge in [-0.1, -0.05) is 11.6 Å². The van der Waals surface area contributed by atoms with Gasteiger partial charge in [0.15, 0.2) is 0 Å². The van der Waals surface area contributed by atoms with E-state index in [9.17, 15) is 0 Å². The van der Waals surface area contributed by atoms with E-state index in [0.717, 1.165) is 52.9 Å². The molecule has 0 aliphatic carbocycles. The summed E-state index contributed by atoms with van der Waals surface area (Å²) < 4.78 is 0. The number of hydrogen-bond acceptors (Lipinski definition) is 2. The summed E-state index contributed by atoms with van der Waals surface area (Å²) in [6, 6.07) is 3.93. The molecule has 1 aromatic carbocycles. The van der Waals surface area contributed by atoms with Crippen LogP contribution in [0.25, 0.3) is 11.0 Å². The highest BCUT2D eigenvalue weighted by Gasteiger charge is 2.16. The molecule has 0 bridgehead atoms. The lowest BCUT2D eigenvalue weighted by molar-refractivity contribution is 0.368. The summed E-state index contributed by atoms with van der Waals surface area (Å²) in [5.74, 6) is 1.85. The van der Waals surface area contributed by atoms with Crippen LogP contribution in [-0.2, 0) is 6.42 Å². The maximum Gasteiger partial charge on any atom is 0.107 e. The Hall–Kier alpha value is -1.06. The molecule has 4 heteroatoms. The molecule has 18 heavy (non-hydrogen) atoms. The van der Waals surface area contributed by atoms with Gasteiger partial charge in [0.25, 0.3) is 0 Å². The second kappa shape index (κ2) is 4.90. The van der Waals surface area contributed by atoms with Gasteiger partial charge in [0.2, 0.25) is 0 Å². The maximum atomic E-state index is 6.07. The fourth-order valence-corrected chi connectivity index (χ4v) is 3.03. The van der Waals surface area contributed by atoms with Gasteiger partial charge in [-0.05, 0) is 56.5 Å². The first kappa shape index (κ1) is 12.0. The van der Waals surface area contributed by atoms with Gasteiger partial charge in [-0.2, -0.15) is 0 Å². The number of hydrogen-bond donors (Lipinski definition) is 2. The predicted octanol–water partition coefficient (Wildman–Crippen LogP) is 3.07. The van der Waals surface area contributed by atoms with Crippen LogP contribution in [0.4, 0.5) is 0 Å². The molecule has 2 aromatic rings. The summed E-state index contributed by atoms with van der Waals surface area (Å²) in [5, 5.41) is 4.17. The molecule has 1 aliphatic rings. The third-order valence-electron chi connectivity index (χ3n) is 3.73. The number of imidazole rings is 1. The molecule has 0 saturated carbocycles. The molecular formula is C14H18ClN3. The number of aromatic amines is 1. The summed E-state index contributed by atoms with van der Waals surface area (Å²) in [4.78, 5) is 8.12. The second-order valence-corrected chi connectivity index (χ2v) is 5.64. The molecule has 1 saturated heterocycles. The Morgan fingerprint density at radius 2 is 2.11 bits per heavy atom. The van der Waals surface area contributed by atoms with Crippen molar-refractivity contribution in [1.82, 2.24) is 15.3 Å². The number of halogens is 1. The number of aromatic nitrogens is 2. The van der Waals surface area contributed by atoms with Crippen LogP contribution in [0.15, 0.2) is 12.1 Å². The number of H-pyrrole nitrogens is 1. The minimum Gasteiger partial charge on any atom is -0.342 e. The van der Waals surface area contributed by atoms with Crippen LogP contribution in [0.2, 0.25) is 5.02 Å².